The molecule has 1 aliphatic rings. The van der Waals surface area contributed by atoms with Crippen LogP contribution < -0.4 is 4.72 Å². The third kappa shape index (κ3) is 3.44. The molecule has 1 fully saturated rings. The van der Waals surface area contributed by atoms with Crippen molar-refractivity contribution in [2.24, 2.45) is 0 Å². The number of hydrogen-bond donors (Lipinski definition) is 1. The van der Waals surface area contributed by atoms with E-state index in [4.69, 9.17) is 23.2 Å². The lowest BCUT2D eigenvalue weighted by molar-refractivity contribution is -0.127. The number of sulfonamides is 1. The number of carbonyl (C=O) groups excluding carboxylic acids is 1. The number of amides is 1. The van der Waals surface area contributed by atoms with Crippen LogP contribution in [0.4, 0.5) is 0 Å². The van der Waals surface area contributed by atoms with Crippen molar-refractivity contribution in [2.75, 3.05) is 13.1 Å². The average Bonchev–Trinajstić information content (AvgIpc) is 2.80. The summed E-state index contributed by atoms with van der Waals surface area (Å²) >= 11 is 11.6. The van der Waals surface area contributed by atoms with Gasteiger partial charge in [-0.2, -0.15) is 0 Å². The van der Waals surface area contributed by atoms with E-state index >= 15 is 0 Å². The van der Waals surface area contributed by atoms with E-state index in [1.165, 1.54) is 25.1 Å². The lowest BCUT2D eigenvalue weighted by atomic mass is 10.3. The van der Waals surface area contributed by atoms with Gasteiger partial charge in [0.2, 0.25) is 15.9 Å². The Labute approximate surface area is 127 Å². The Bertz CT molecular complexity index is 634. The van der Waals surface area contributed by atoms with Crippen molar-refractivity contribution in [1.82, 2.24) is 9.62 Å². The summed E-state index contributed by atoms with van der Waals surface area (Å²) in [6.07, 6.45) is 0.597. The quantitative estimate of drug-likeness (QED) is 0.916. The van der Waals surface area contributed by atoms with E-state index in [1.807, 2.05) is 0 Å². The van der Waals surface area contributed by atoms with Gasteiger partial charge in [0.1, 0.15) is 0 Å². The van der Waals surface area contributed by atoms with E-state index in [0.717, 1.165) is 0 Å². The van der Waals surface area contributed by atoms with Gasteiger partial charge in [-0.05, 0) is 24.6 Å². The normalized spacial score (nSPS) is 19.4. The van der Waals surface area contributed by atoms with Crippen LogP contribution in [0, 0.1) is 0 Å². The fraction of sp³-hybridized carbons (Fsp3) is 0.417. The molecule has 1 heterocycles. The molecule has 0 saturated carbocycles. The molecule has 0 bridgehead atoms. The minimum Gasteiger partial charge on any atom is -0.341 e. The van der Waals surface area contributed by atoms with Crippen molar-refractivity contribution in [3.8, 4) is 0 Å². The summed E-state index contributed by atoms with van der Waals surface area (Å²) in [7, 11) is -3.66. The molecule has 0 aliphatic carbocycles. The summed E-state index contributed by atoms with van der Waals surface area (Å²) in [6, 6.07) is 3.87. The number of likely N-dealkylation sites (tertiary alicyclic amines) is 1. The molecule has 20 heavy (non-hydrogen) atoms. The lowest BCUT2D eigenvalue weighted by Crippen LogP contribution is -2.37. The van der Waals surface area contributed by atoms with Crippen LogP contribution in [0.2, 0.25) is 10.0 Å². The van der Waals surface area contributed by atoms with Crippen molar-refractivity contribution in [3.63, 3.8) is 0 Å². The van der Waals surface area contributed by atoms with E-state index in [2.05, 4.69) is 4.72 Å². The number of nitrogens with zero attached hydrogens (tertiary/aromatic N) is 1. The molecule has 1 aromatic rings. The fourth-order valence-electron chi connectivity index (χ4n) is 2.07. The highest BCUT2D eigenvalue weighted by Crippen LogP contribution is 2.25. The van der Waals surface area contributed by atoms with Gasteiger partial charge in [-0.3, -0.25) is 4.79 Å². The van der Waals surface area contributed by atoms with Crippen LogP contribution in [0.1, 0.15) is 13.3 Å². The van der Waals surface area contributed by atoms with Crippen LogP contribution >= 0.6 is 23.2 Å². The minimum absolute atomic E-state index is 0.0544. The standard InChI is InChI=1S/C12H14Cl2N2O3S/c1-8(17)16-5-4-9(7-16)15-20(18,19)10-2-3-11(13)12(14)6-10/h2-3,6,9,15H,4-5,7H2,1H3. The van der Waals surface area contributed by atoms with Crippen molar-refractivity contribution < 1.29 is 13.2 Å². The molecule has 110 valence electrons. The van der Waals surface area contributed by atoms with E-state index < -0.39 is 10.0 Å². The first-order chi connectivity index (χ1) is 9.29. The Hall–Kier alpha value is -0.820. The van der Waals surface area contributed by atoms with Gasteiger partial charge in [-0.25, -0.2) is 13.1 Å². The first kappa shape index (κ1) is 15.6. The Morgan fingerprint density at radius 3 is 2.60 bits per heavy atom. The molecule has 8 heteroatoms. The summed E-state index contributed by atoms with van der Waals surface area (Å²) in [5.41, 5.74) is 0. The largest absolute Gasteiger partial charge is 0.341 e. The average molecular weight is 337 g/mol. The van der Waals surface area contributed by atoms with E-state index in [0.29, 0.717) is 24.5 Å². The minimum atomic E-state index is -3.66. The van der Waals surface area contributed by atoms with Crippen LogP contribution in [0.25, 0.3) is 0 Å². The molecule has 1 aromatic carbocycles. The first-order valence-corrected chi connectivity index (χ1v) is 8.26. The molecule has 0 aromatic heterocycles. The Morgan fingerprint density at radius 1 is 1.35 bits per heavy atom. The highest BCUT2D eigenvalue weighted by molar-refractivity contribution is 7.89. The Balaban J connectivity index is 2.12. The zero-order valence-electron chi connectivity index (χ0n) is 10.8. The molecule has 0 radical (unpaired) electrons. The molecule has 1 unspecified atom stereocenters. The SMILES string of the molecule is CC(=O)N1CCC(NS(=O)(=O)c2ccc(Cl)c(Cl)c2)C1. The number of hydrogen-bond acceptors (Lipinski definition) is 3. The molecule has 1 atom stereocenters. The molecule has 1 amide bonds. The lowest BCUT2D eigenvalue weighted by Gasteiger charge is -2.15. The third-order valence-electron chi connectivity index (χ3n) is 3.16. The smallest absolute Gasteiger partial charge is 0.240 e. The molecular formula is C12H14Cl2N2O3S. The maximum absolute atomic E-state index is 12.2. The van der Waals surface area contributed by atoms with E-state index in [9.17, 15) is 13.2 Å². The van der Waals surface area contributed by atoms with Crippen LogP contribution in [0.5, 0.6) is 0 Å². The Kier molecular flexibility index (Phi) is 4.59. The van der Waals surface area contributed by atoms with Gasteiger partial charge in [-0.1, -0.05) is 23.2 Å². The van der Waals surface area contributed by atoms with E-state index in [1.54, 1.807) is 4.90 Å². The topological polar surface area (TPSA) is 66.5 Å². The van der Waals surface area contributed by atoms with Gasteiger partial charge in [0, 0.05) is 26.1 Å². The van der Waals surface area contributed by atoms with Crippen LogP contribution in [0.3, 0.4) is 0 Å². The van der Waals surface area contributed by atoms with Crippen molar-refractivity contribution in [1.29, 1.82) is 0 Å². The summed E-state index contributed by atoms with van der Waals surface area (Å²) in [4.78, 5) is 12.9. The van der Waals surface area contributed by atoms with Gasteiger partial charge in [0.25, 0.3) is 0 Å². The second-order valence-electron chi connectivity index (χ2n) is 4.65. The predicted molar refractivity (Wildman–Crippen MR) is 77.4 cm³/mol. The molecule has 1 aliphatic heterocycles. The number of nitrogens with one attached hydrogen (secondary N) is 1. The summed E-state index contributed by atoms with van der Waals surface area (Å²) in [5.74, 6) is -0.0544. The zero-order valence-corrected chi connectivity index (χ0v) is 13.1. The molecule has 2 rings (SSSR count). The van der Waals surface area contributed by atoms with Crippen LogP contribution in [0.15, 0.2) is 23.1 Å². The number of benzene rings is 1. The molecule has 0 spiro atoms. The first-order valence-electron chi connectivity index (χ1n) is 6.02. The van der Waals surface area contributed by atoms with Crippen LogP contribution in [-0.2, 0) is 14.8 Å². The third-order valence-corrected chi connectivity index (χ3v) is 5.41. The maximum Gasteiger partial charge on any atom is 0.240 e. The van der Waals surface area contributed by atoms with Crippen molar-refractivity contribution in [2.45, 2.75) is 24.3 Å². The number of halogens is 2. The molecule has 1 saturated heterocycles. The monoisotopic (exact) mass is 336 g/mol. The van der Waals surface area contributed by atoms with Crippen molar-refractivity contribution >= 4 is 39.1 Å². The van der Waals surface area contributed by atoms with Gasteiger partial charge in [-0.15, -0.1) is 0 Å². The summed E-state index contributed by atoms with van der Waals surface area (Å²) in [6.45, 7) is 2.41. The second-order valence-corrected chi connectivity index (χ2v) is 7.18. The molecule has 5 nitrogen and oxygen atoms in total. The Morgan fingerprint density at radius 2 is 2.05 bits per heavy atom. The van der Waals surface area contributed by atoms with Gasteiger partial charge < -0.3 is 4.90 Å². The molecule has 1 N–H and O–H groups in total. The van der Waals surface area contributed by atoms with Gasteiger partial charge in [0.05, 0.1) is 14.9 Å². The van der Waals surface area contributed by atoms with Gasteiger partial charge in [0.15, 0.2) is 0 Å². The number of carbonyl (C=O) groups is 1. The molecular weight excluding hydrogens is 323 g/mol. The number of rotatable bonds is 3. The van der Waals surface area contributed by atoms with Crippen molar-refractivity contribution in [3.05, 3.63) is 28.2 Å². The van der Waals surface area contributed by atoms with Crippen LogP contribution in [-0.4, -0.2) is 38.4 Å². The zero-order chi connectivity index (χ0) is 14.9. The highest BCUT2D eigenvalue weighted by Gasteiger charge is 2.28. The predicted octanol–water partition coefficient (Wildman–Crippen LogP) is 1.89. The summed E-state index contributed by atoms with van der Waals surface area (Å²) < 4.78 is 27.0. The fourth-order valence-corrected chi connectivity index (χ4v) is 3.72. The van der Waals surface area contributed by atoms with E-state index in [-0.39, 0.29) is 21.9 Å². The summed E-state index contributed by atoms with van der Waals surface area (Å²) in [5, 5.41) is 0.487. The second kappa shape index (κ2) is 5.89. The highest BCUT2D eigenvalue weighted by atomic mass is 35.5. The maximum atomic E-state index is 12.2. The van der Waals surface area contributed by atoms with Gasteiger partial charge >= 0.3 is 0 Å².